The molecule has 0 saturated heterocycles. The predicted molar refractivity (Wildman–Crippen MR) is 88.5 cm³/mol. The van der Waals surface area contributed by atoms with Gasteiger partial charge in [0, 0.05) is 11.7 Å². The molecule has 1 atom stereocenters. The van der Waals surface area contributed by atoms with Crippen LogP contribution in [-0.2, 0) is 16.0 Å². The van der Waals surface area contributed by atoms with Crippen LogP contribution in [0, 0.1) is 11.3 Å². The van der Waals surface area contributed by atoms with Crippen molar-refractivity contribution >= 4 is 17.6 Å². The number of rotatable bonds is 3. The summed E-state index contributed by atoms with van der Waals surface area (Å²) in [4.78, 5) is 26.2. The maximum absolute atomic E-state index is 12.5. The van der Waals surface area contributed by atoms with Crippen LogP contribution in [0.25, 0.3) is 0 Å². The smallest absolute Gasteiger partial charge is 0.338 e. The molecule has 0 aliphatic carbocycles. The largest absolute Gasteiger partial charge is 0.452 e. The van der Waals surface area contributed by atoms with E-state index in [1.54, 1.807) is 4.90 Å². The Kier molecular flexibility index (Phi) is 4.30. The molecule has 5 heteroatoms. The van der Waals surface area contributed by atoms with E-state index in [-0.39, 0.29) is 18.6 Å². The molecule has 1 aliphatic rings. The first-order chi connectivity index (χ1) is 11.6. The maximum atomic E-state index is 12.5. The van der Waals surface area contributed by atoms with E-state index >= 15 is 0 Å². The number of nitriles is 1. The Bertz CT molecular complexity index is 821. The van der Waals surface area contributed by atoms with Crippen LogP contribution in [0.4, 0.5) is 5.69 Å². The van der Waals surface area contributed by atoms with Crippen LogP contribution in [0.3, 0.4) is 0 Å². The lowest BCUT2D eigenvalue weighted by molar-refractivity contribution is -0.122. The molecule has 0 radical (unpaired) electrons. The molecule has 120 valence electrons. The standard InChI is InChI=1S/C19H16N2O3/c1-13-10-16-4-2-3-5-17(16)21(13)18(22)12-24-19(23)15-8-6-14(11-20)7-9-15/h2-9,13H,10,12H2,1H3. The normalized spacial score (nSPS) is 15.5. The van der Waals surface area contributed by atoms with Gasteiger partial charge in [0.25, 0.3) is 5.91 Å². The van der Waals surface area contributed by atoms with E-state index in [1.165, 1.54) is 24.3 Å². The third-order valence-electron chi connectivity index (χ3n) is 4.05. The minimum atomic E-state index is -0.576. The average molecular weight is 320 g/mol. The molecule has 2 aromatic rings. The van der Waals surface area contributed by atoms with Crippen molar-refractivity contribution in [3.8, 4) is 6.07 Å². The summed E-state index contributed by atoms with van der Waals surface area (Å²) in [6.45, 7) is 1.66. The fourth-order valence-corrected chi connectivity index (χ4v) is 2.91. The predicted octanol–water partition coefficient (Wildman–Crippen LogP) is 2.69. The van der Waals surface area contributed by atoms with E-state index in [9.17, 15) is 9.59 Å². The van der Waals surface area contributed by atoms with Crippen LogP contribution in [0.2, 0.25) is 0 Å². The second-order valence-electron chi connectivity index (χ2n) is 5.71. The molecule has 0 fully saturated rings. The Morgan fingerprint density at radius 3 is 2.62 bits per heavy atom. The lowest BCUT2D eigenvalue weighted by Gasteiger charge is -2.22. The summed E-state index contributed by atoms with van der Waals surface area (Å²) in [6.07, 6.45) is 0.797. The van der Waals surface area contributed by atoms with E-state index in [4.69, 9.17) is 10.00 Å². The monoisotopic (exact) mass is 320 g/mol. The summed E-state index contributed by atoms with van der Waals surface area (Å²) >= 11 is 0. The number of nitrogens with zero attached hydrogens (tertiary/aromatic N) is 2. The van der Waals surface area contributed by atoms with Crippen LogP contribution in [0.1, 0.15) is 28.4 Å². The van der Waals surface area contributed by atoms with Crippen LogP contribution >= 0.6 is 0 Å². The number of hydrogen-bond acceptors (Lipinski definition) is 4. The van der Waals surface area contributed by atoms with Gasteiger partial charge in [0.2, 0.25) is 0 Å². The zero-order valence-corrected chi connectivity index (χ0v) is 13.2. The fourth-order valence-electron chi connectivity index (χ4n) is 2.91. The number of carbonyl (C=O) groups is 2. The zero-order valence-electron chi connectivity index (χ0n) is 13.2. The van der Waals surface area contributed by atoms with Crippen molar-refractivity contribution in [3.05, 3.63) is 65.2 Å². The van der Waals surface area contributed by atoms with Crippen molar-refractivity contribution in [2.75, 3.05) is 11.5 Å². The van der Waals surface area contributed by atoms with Gasteiger partial charge in [0.15, 0.2) is 6.61 Å². The molecule has 5 nitrogen and oxygen atoms in total. The maximum Gasteiger partial charge on any atom is 0.338 e. The summed E-state index contributed by atoms with van der Waals surface area (Å²) in [5.41, 5.74) is 2.78. The summed E-state index contributed by atoms with van der Waals surface area (Å²) in [5.74, 6) is -0.817. The Labute approximate surface area is 140 Å². The highest BCUT2D eigenvalue weighted by Crippen LogP contribution is 2.31. The van der Waals surface area contributed by atoms with E-state index < -0.39 is 5.97 Å². The SMILES string of the molecule is CC1Cc2ccccc2N1C(=O)COC(=O)c1ccc(C#N)cc1. The van der Waals surface area contributed by atoms with Crippen LogP contribution < -0.4 is 4.90 Å². The molecule has 0 spiro atoms. The topological polar surface area (TPSA) is 70.4 Å². The van der Waals surface area contributed by atoms with Crippen LogP contribution in [0.15, 0.2) is 48.5 Å². The molecule has 1 heterocycles. The van der Waals surface area contributed by atoms with Gasteiger partial charge in [0.05, 0.1) is 17.2 Å². The Morgan fingerprint density at radius 2 is 1.92 bits per heavy atom. The number of ether oxygens (including phenoxy) is 1. The molecule has 2 aromatic carbocycles. The average Bonchev–Trinajstić information content (AvgIpc) is 2.95. The highest BCUT2D eigenvalue weighted by Gasteiger charge is 2.30. The van der Waals surface area contributed by atoms with Crippen molar-refractivity contribution in [1.82, 2.24) is 0 Å². The second kappa shape index (κ2) is 6.55. The molecular formula is C19H16N2O3. The number of hydrogen-bond donors (Lipinski definition) is 0. The van der Waals surface area contributed by atoms with Gasteiger partial charge in [-0.15, -0.1) is 0 Å². The van der Waals surface area contributed by atoms with Gasteiger partial charge in [-0.2, -0.15) is 5.26 Å². The molecule has 0 saturated carbocycles. The van der Waals surface area contributed by atoms with Crippen molar-refractivity contribution in [2.24, 2.45) is 0 Å². The molecule has 0 N–H and O–H groups in total. The highest BCUT2D eigenvalue weighted by molar-refractivity contribution is 5.99. The van der Waals surface area contributed by atoms with Crippen molar-refractivity contribution in [2.45, 2.75) is 19.4 Å². The van der Waals surface area contributed by atoms with Gasteiger partial charge >= 0.3 is 5.97 Å². The Morgan fingerprint density at radius 1 is 1.21 bits per heavy atom. The van der Waals surface area contributed by atoms with E-state index in [0.29, 0.717) is 11.1 Å². The third kappa shape index (κ3) is 2.99. The van der Waals surface area contributed by atoms with E-state index in [1.807, 2.05) is 37.3 Å². The summed E-state index contributed by atoms with van der Waals surface area (Å²) < 4.78 is 5.13. The van der Waals surface area contributed by atoms with Crippen molar-refractivity contribution < 1.29 is 14.3 Å². The lowest BCUT2D eigenvalue weighted by atomic mass is 10.1. The molecule has 1 unspecified atom stereocenters. The lowest BCUT2D eigenvalue weighted by Crippen LogP contribution is -2.38. The zero-order chi connectivity index (χ0) is 17.1. The Hall–Kier alpha value is -3.13. The number of fused-ring (bicyclic) bond motifs is 1. The number of amides is 1. The minimum absolute atomic E-state index is 0.0449. The highest BCUT2D eigenvalue weighted by atomic mass is 16.5. The number of esters is 1. The quantitative estimate of drug-likeness (QED) is 0.815. The van der Waals surface area contributed by atoms with E-state index in [0.717, 1.165) is 17.7 Å². The van der Waals surface area contributed by atoms with Crippen molar-refractivity contribution in [3.63, 3.8) is 0 Å². The molecular weight excluding hydrogens is 304 g/mol. The number of para-hydroxylation sites is 1. The molecule has 1 amide bonds. The number of benzene rings is 2. The first kappa shape index (κ1) is 15.8. The number of anilines is 1. The number of carbonyl (C=O) groups excluding carboxylic acids is 2. The summed E-state index contributed by atoms with van der Waals surface area (Å²) in [7, 11) is 0. The summed E-state index contributed by atoms with van der Waals surface area (Å²) in [5, 5.41) is 8.75. The van der Waals surface area contributed by atoms with Gasteiger partial charge in [-0.1, -0.05) is 18.2 Å². The Balaban J connectivity index is 1.65. The van der Waals surface area contributed by atoms with E-state index in [2.05, 4.69) is 0 Å². The third-order valence-corrected chi connectivity index (χ3v) is 4.05. The van der Waals surface area contributed by atoms with Gasteiger partial charge < -0.3 is 9.64 Å². The molecule has 1 aliphatic heterocycles. The first-order valence-corrected chi connectivity index (χ1v) is 7.67. The van der Waals surface area contributed by atoms with Crippen LogP contribution in [0.5, 0.6) is 0 Å². The summed E-state index contributed by atoms with van der Waals surface area (Å²) in [6, 6.07) is 15.9. The van der Waals surface area contributed by atoms with Gasteiger partial charge in [-0.05, 0) is 49.2 Å². The molecule has 3 rings (SSSR count). The van der Waals surface area contributed by atoms with Crippen LogP contribution in [-0.4, -0.2) is 24.5 Å². The molecule has 24 heavy (non-hydrogen) atoms. The van der Waals surface area contributed by atoms with Gasteiger partial charge in [0.1, 0.15) is 0 Å². The fraction of sp³-hybridized carbons (Fsp3) is 0.211. The van der Waals surface area contributed by atoms with Gasteiger partial charge in [-0.25, -0.2) is 4.79 Å². The minimum Gasteiger partial charge on any atom is -0.452 e. The second-order valence-corrected chi connectivity index (χ2v) is 5.71. The first-order valence-electron chi connectivity index (χ1n) is 7.67. The molecule has 0 aromatic heterocycles. The van der Waals surface area contributed by atoms with Gasteiger partial charge in [-0.3, -0.25) is 4.79 Å². The van der Waals surface area contributed by atoms with Crippen molar-refractivity contribution in [1.29, 1.82) is 5.26 Å². The molecule has 0 bridgehead atoms.